The van der Waals surface area contributed by atoms with Crippen LogP contribution >= 0.6 is 0 Å². The Morgan fingerprint density at radius 1 is 1.41 bits per heavy atom. The Hall–Kier alpha value is -1.59. The number of nitrogens with zero attached hydrogens (tertiary/aromatic N) is 1. The summed E-state index contributed by atoms with van der Waals surface area (Å²) in [5, 5.41) is 12.5. The summed E-state index contributed by atoms with van der Waals surface area (Å²) in [6.45, 7) is 2.61. The molecule has 1 aromatic rings. The SMILES string of the molecule is CN1CCCC(Oc2ccccc2C2CC(C(=O)O)CN2)C1. The first kappa shape index (κ1) is 15.3. The Kier molecular flexibility index (Phi) is 4.64. The van der Waals surface area contributed by atoms with Crippen LogP contribution in [0.15, 0.2) is 24.3 Å². The predicted molar refractivity (Wildman–Crippen MR) is 84.1 cm³/mol. The van der Waals surface area contributed by atoms with E-state index in [-0.39, 0.29) is 18.1 Å². The van der Waals surface area contributed by atoms with Crippen LogP contribution in [0.25, 0.3) is 0 Å². The highest BCUT2D eigenvalue weighted by Crippen LogP contribution is 2.34. The molecule has 3 atom stereocenters. The molecule has 0 saturated carbocycles. The first-order valence-electron chi connectivity index (χ1n) is 8.04. The number of piperidine rings is 1. The maximum absolute atomic E-state index is 11.1. The van der Waals surface area contributed by atoms with Crippen LogP contribution in [0, 0.1) is 5.92 Å². The second kappa shape index (κ2) is 6.67. The smallest absolute Gasteiger partial charge is 0.307 e. The summed E-state index contributed by atoms with van der Waals surface area (Å²) < 4.78 is 6.24. The molecule has 0 aromatic heterocycles. The van der Waals surface area contributed by atoms with E-state index >= 15 is 0 Å². The molecule has 2 aliphatic heterocycles. The lowest BCUT2D eigenvalue weighted by Gasteiger charge is -2.31. The van der Waals surface area contributed by atoms with Gasteiger partial charge in [0.05, 0.1) is 5.92 Å². The third-order valence-electron chi connectivity index (χ3n) is 4.65. The number of rotatable bonds is 4. The van der Waals surface area contributed by atoms with Crippen molar-refractivity contribution in [2.45, 2.75) is 31.4 Å². The normalized spacial score (nSPS) is 29.4. The van der Waals surface area contributed by atoms with Gasteiger partial charge in [-0.2, -0.15) is 0 Å². The molecule has 1 aromatic carbocycles. The fraction of sp³-hybridized carbons (Fsp3) is 0.588. The molecule has 3 rings (SSSR count). The monoisotopic (exact) mass is 304 g/mol. The number of aliphatic carboxylic acids is 1. The molecular formula is C17H24N2O3. The van der Waals surface area contributed by atoms with Gasteiger partial charge in [0.1, 0.15) is 11.9 Å². The largest absolute Gasteiger partial charge is 0.489 e. The summed E-state index contributed by atoms with van der Waals surface area (Å²) >= 11 is 0. The quantitative estimate of drug-likeness (QED) is 0.889. The van der Waals surface area contributed by atoms with Gasteiger partial charge in [-0.3, -0.25) is 4.79 Å². The molecule has 5 heteroatoms. The van der Waals surface area contributed by atoms with Crippen molar-refractivity contribution in [3.05, 3.63) is 29.8 Å². The fourth-order valence-corrected chi connectivity index (χ4v) is 3.43. The van der Waals surface area contributed by atoms with Crippen molar-refractivity contribution in [3.8, 4) is 5.75 Å². The summed E-state index contributed by atoms with van der Waals surface area (Å²) in [4.78, 5) is 13.4. The van der Waals surface area contributed by atoms with Gasteiger partial charge >= 0.3 is 5.97 Å². The van der Waals surface area contributed by atoms with Gasteiger partial charge in [0.2, 0.25) is 0 Å². The highest BCUT2D eigenvalue weighted by Gasteiger charge is 2.32. The van der Waals surface area contributed by atoms with Crippen molar-refractivity contribution < 1.29 is 14.6 Å². The Bertz CT molecular complexity index is 534. The van der Waals surface area contributed by atoms with Gasteiger partial charge in [0.25, 0.3) is 0 Å². The van der Waals surface area contributed by atoms with Crippen molar-refractivity contribution in [3.63, 3.8) is 0 Å². The summed E-state index contributed by atoms with van der Waals surface area (Å²) in [7, 11) is 2.12. The van der Waals surface area contributed by atoms with Crippen molar-refractivity contribution in [2.24, 2.45) is 5.92 Å². The van der Waals surface area contributed by atoms with E-state index in [4.69, 9.17) is 9.84 Å². The Morgan fingerprint density at radius 2 is 2.23 bits per heavy atom. The first-order valence-corrected chi connectivity index (χ1v) is 8.04. The standard InChI is InChI=1S/C17H24N2O3/c1-19-8-4-5-13(11-19)22-16-7-3-2-6-14(16)15-9-12(10-18-15)17(20)21/h2-3,6-7,12-13,15,18H,4-5,8-11H2,1H3,(H,20,21). The fourth-order valence-electron chi connectivity index (χ4n) is 3.43. The number of hydrogen-bond acceptors (Lipinski definition) is 4. The van der Waals surface area contributed by atoms with Crippen LogP contribution in [0.2, 0.25) is 0 Å². The molecular weight excluding hydrogens is 280 g/mol. The molecule has 120 valence electrons. The second-order valence-electron chi connectivity index (χ2n) is 6.41. The van der Waals surface area contributed by atoms with Crippen molar-refractivity contribution >= 4 is 5.97 Å². The zero-order valence-electron chi connectivity index (χ0n) is 13.0. The van der Waals surface area contributed by atoms with Gasteiger partial charge in [-0.25, -0.2) is 0 Å². The summed E-state index contributed by atoms with van der Waals surface area (Å²) in [6, 6.07) is 8.09. The van der Waals surface area contributed by atoms with E-state index in [0.717, 1.165) is 37.2 Å². The van der Waals surface area contributed by atoms with E-state index in [9.17, 15) is 4.79 Å². The van der Waals surface area contributed by atoms with Crippen LogP contribution in [0.3, 0.4) is 0 Å². The van der Waals surface area contributed by atoms with Crippen LogP contribution in [-0.4, -0.2) is 48.8 Å². The second-order valence-corrected chi connectivity index (χ2v) is 6.41. The molecule has 2 N–H and O–H groups in total. The molecule has 22 heavy (non-hydrogen) atoms. The number of carboxylic acids is 1. The van der Waals surface area contributed by atoms with Crippen LogP contribution < -0.4 is 10.1 Å². The number of ether oxygens (including phenoxy) is 1. The third kappa shape index (κ3) is 3.42. The summed E-state index contributed by atoms with van der Waals surface area (Å²) in [6.07, 6.45) is 3.08. The average molecular weight is 304 g/mol. The molecule has 2 saturated heterocycles. The first-order chi connectivity index (χ1) is 10.6. The highest BCUT2D eigenvalue weighted by molar-refractivity contribution is 5.71. The van der Waals surface area contributed by atoms with E-state index in [0.29, 0.717) is 13.0 Å². The molecule has 0 aliphatic carbocycles. The van der Waals surface area contributed by atoms with Crippen molar-refractivity contribution in [1.82, 2.24) is 10.2 Å². The number of nitrogens with one attached hydrogen (secondary N) is 1. The van der Waals surface area contributed by atoms with E-state index in [2.05, 4.69) is 17.3 Å². The van der Waals surface area contributed by atoms with E-state index in [1.54, 1.807) is 0 Å². The molecule has 0 spiro atoms. The third-order valence-corrected chi connectivity index (χ3v) is 4.65. The lowest BCUT2D eigenvalue weighted by molar-refractivity contribution is -0.141. The van der Waals surface area contributed by atoms with Gasteiger partial charge in [-0.1, -0.05) is 18.2 Å². The molecule has 0 radical (unpaired) electrons. The maximum Gasteiger partial charge on any atom is 0.307 e. The van der Waals surface area contributed by atoms with E-state index < -0.39 is 5.97 Å². The minimum atomic E-state index is -0.720. The molecule has 0 amide bonds. The van der Waals surface area contributed by atoms with Crippen molar-refractivity contribution in [2.75, 3.05) is 26.7 Å². The van der Waals surface area contributed by atoms with Crippen molar-refractivity contribution in [1.29, 1.82) is 0 Å². The minimum Gasteiger partial charge on any atom is -0.489 e. The lowest BCUT2D eigenvalue weighted by atomic mass is 9.99. The number of carboxylic acid groups (broad SMARTS) is 1. The highest BCUT2D eigenvalue weighted by atomic mass is 16.5. The van der Waals surface area contributed by atoms with Gasteiger partial charge in [-0.15, -0.1) is 0 Å². The average Bonchev–Trinajstić information content (AvgIpc) is 2.98. The van der Waals surface area contributed by atoms with Crippen LogP contribution in [0.4, 0.5) is 0 Å². The van der Waals surface area contributed by atoms with E-state index in [1.165, 1.54) is 0 Å². The number of carbonyl (C=O) groups is 1. The number of benzene rings is 1. The zero-order valence-corrected chi connectivity index (χ0v) is 13.0. The maximum atomic E-state index is 11.1. The predicted octanol–water partition coefficient (Wildman–Crippen LogP) is 1.89. The lowest BCUT2D eigenvalue weighted by Crippen LogP contribution is -2.38. The summed E-state index contributed by atoms with van der Waals surface area (Å²) in [5.41, 5.74) is 1.08. The van der Waals surface area contributed by atoms with Crippen LogP contribution in [0.1, 0.15) is 30.9 Å². The zero-order chi connectivity index (χ0) is 15.5. The molecule has 5 nitrogen and oxygen atoms in total. The Balaban J connectivity index is 1.71. The summed E-state index contributed by atoms with van der Waals surface area (Å²) in [5.74, 6) is -0.132. The molecule has 2 fully saturated rings. The number of likely N-dealkylation sites (tertiary alicyclic amines) is 1. The molecule has 3 unspecified atom stereocenters. The number of hydrogen-bond donors (Lipinski definition) is 2. The number of para-hydroxylation sites is 1. The molecule has 2 heterocycles. The molecule has 0 bridgehead atoms. The van der Waals surface area contributed by atoms with Gasteiger partial charge in [0, 0.05) is 24.7 Å². The minimum absolute atomic E-state index is 0.0682. The van der Waals surface area contributed by atoms with Crippen LogP contribution in [0.5, 0.6) is 5.75 Å². The number of likely N-dealkylation sites (N-methyl/N-ethyl adjacent to an activating group) is 1. The van der Waals surface area contributed by atoms with Gasteiger partial charge in [0.15, 0.2) is 0 Å². The van der Waals surface area contributed by atoms with E-state index in [1.807, 2.05) is 24.3 Å². The van der Waals surface area contributed by atoms with Gasteiger partial charge < -0.3 is 20.1 Å². The Morgan fingerprint density at radius 3 is 2.95 bits per heavy atom. The Labute approximate surface area is 131 Å². The van der Waals surface area contributed by atoms with Gasteiger partial charge in [-0.05, 0) is 38.9 Å². The van der Waals surface area contributed by atoms with Crippen LogP contribution in [-0.2, 0) is 4.79 Å². The topological polar surface area (TPSA) is 61.8 Å². The molecule has 2 aliphatic rings.